The number of nitrogens with two attached hydrogens (primary N) is 1. The number of imidazole rings is 1. The molecule has 3 unspecified atom stereocenters. The number of piperidine rings is 1. The topological polar surface area (TPSA) is 164 Å². The standard InChI is InChI=1S/C51H58N6O6/c52-43-13-7-8-14-44(43)54-49(60)18-4-2-1-3-17-48(59)53-32-39-11-5-6-12-42(39)36-23-25-38(26-24-36)50-62-41(31-47(63-50)37-21-19-35(34-58)20-22-37)33-56-29-27-40(28-30-56)57-46-16-10-9-15-45(46)55-51(57)61/h5-16,19-26,40-41,47,50,58H,1-4,17-18,27-34,52H2,(H,53,59)(H,54,60)(H,55,61). The number of anilines is 2. The van der Waals surface area contributed by atoms with E-state index in [0.717, 1.165) is 103 Å². The Hall–Kier alpha value is -6.05. The van der Waals surface area contributed by atoms with E-state index in [9.17, 15) is 19.5 Å². The molecule has 0 saturated carbocycles. The number of aromatic amines is 1. The number of carbonyl (C=O) groups excluding carboxylic acids is 2. The molecule has 6 aromatic rings. The fourth-order valence-corrected chi connectivity index (χ4v) is 8.92. The molecule has 0 radical (unpaired) electrons. The van der Waals surface area contributed by atoms with Crippen LogP contribution in [-0.2, 0) is 32.2 Å². The highest BCUT2D eigenvalue weighted by atomic mass is 16.7. The minimum Gasteiger partial charge on any atom is -0.397 e. The smallest absolute Gasteiger partial charge is 0.326 e. The molecule has 3 atom stereocenters. The van der Waals surface area contributed by atoms with Gasteiger partial charge in [-0.05, 0) is 77.8 Å². The number of hydrogen-bond donors (Lipinski definition) is 5. The quantitative estimate of drug-likeness (QED) is 0.0450. The summed E-state index contributed by atoms with van der Waals surface area (Å²) in [6.07, 6.45) is 5.69. The molecule has 12 heteroatoms. The summed E-state index contributed by atoms with van der Waals surface area (Å²) in [5.41, 5.74) is 14.8. The van der Waals surface area contributed by atoms with Crippen LogP contribution in [0.15, 0.2) is 126 Å². The zero-order chi connectivity index (χ0) is 43.5. The van der Waals surface area contributed by atoms with Gasteiger partial charge in [0.2, 0.25) is 11.8 Å². The number of para-hydroxylation sites is 4. The number of nitrogens with zero attached hydrogens (tertiary/aromatic N) is 2. The lowest BCUT2D eigenvalue weighted by atomic mass is 9.97. The number of nitrogen functional groups attached to an aromatic ring is 1. The second kappa shape index (κ2) is 20.9. The molecule has 0 bridgehead atoms. The Kier molecular flexibility index (Phi) is 14.4. The number of nitrogens with one attached hydrogen (secondary N) is 3. The maximum Gasteiger partial charge on any atom is 0.326 e. The van der Waals surface area contributed by atoms with Gasteiger partial charge in [-0.25, -0.2) is 4.79 Å². The van der Waals surface area contributed by atoms with Crippen LogP contribution in [-0.4, -0.2) is 57.1 Å². The Morgan fingerprint density at radius 1 is 0.762 bits per heavy atom. The fourth-order valence-electron chi connectivity index (χ4n) is 8.92. The Bertz CT molecular complexity index is 2510. The third-order valence-corrected chi connectivity index (χ3v) is 12.4. The molecule has 8 rings (SSSR count). The number of unbranched alkanes of at least 4 members (excludes halogenated alkanes) is 3. The number of aliphatic hydroxyl groups excluding tert-OH is 1. The first-order valence-corrected chi connectivity index (χ1v) is 22.3. The highest BCUT2D eigenvalue weighted by Gasteiger charge is 2.34. The highest BCUT2D eigenvalue weighted by Crippen LogP contribution is 2.39. The Balaban J connectivity index is 0.849. The van der Waals surface area contributed by atoms with Gasteiger partial charge in [-0.3, -0.25) is 14.2 Å². The molecule has 5 aromatic carbocycles. The van der Waals surface area contributed by atoms with Crippen molar-refractivity contribution in [1.82, 2.24) is 19.8 Å². The van der Waals surface area contributed by atoms with E-state index in [1.54, 1.807) is 12.1 Å². The summed E-state index contributed by atoms with van der Waals surface area (Å²) in [7, 11) is 0. The van der Waals surface area contributed by atoms with E-state index in [4.69, 9.17) is 15.2 Å². The van der Waals surface area contributed by atoms with E-state index in [1.807, 2.05) is 83.4 Å². The molecular formula is C51H58N6O6. The van der Waals surface area contributed by atoms with Crippen molar-refractivity contribution < 1.29 is 24.2 Å². The number of H-pyrrole nitrogens is 1. The van der Waals surface area contributed by atoms with Crippen molar-refractivity contribution in [3.63, 3.8) is 0 Å². The average Bonchev–Trinajstić information content (AvgIpc) is 3.66. The van der Waals surface area contributed by atoms with Crippen LogP contribution in [0.2, 0.25) is 0 Å². The summed E-state index contributed by atoms with van der Waals surface area (Å²) >= 11 is 0. The van der Waals surface area contributed by atoms with Gasteiger partial charge in [0.15, 0.2) is 6.29 Å². The maximum atomic E-state index is 12.9. The third kappa shape index (κ3) is 11.1. The second-order valence-corrected chi connectivity index (χ2v) is 16.8. The minimum absolute atomic E-state index is 0.00768. The molecule has 2 aliphatic heterocycles. The summed E-state index contributed by atoms with van der Waals surface area (Å²) in [6.45, 7) is 2.88. The van der Waals surface area contributed by atoms with Crippen LogP contribution in [0.3, 0.4) is 0 Å². The van der Waals surface area contributed by atoms with Gasteiger partial charge in [-0.2, -0.15) is 0 Å². The molecule has 12 nitrogen and oxygen atoms in total. The molecule has 2 amide bonds. The molecule has 2 fully saturated rings. The van der Waals surface area contributed by atoms with E-state index < -0.39 is 6.29 Å². The van der Waals surface area contributed by atoms with E-state index in [1.165, 1.54) is 0 Å². The van der Waals surface area contributed by atoms with Crippen molar-refractivity contribution in [2.75, 3.05) is 30.7 Å². The maximum absolute atomic E-state index is 12.9. The summed E-state index contributed by atoms with van der Waals surface area (Å²) in [5.74, 6) is -0.0475. The Morgan fingerprint density at radius 3 is 2.21 bits per heavy atom. The lowest BCUT2D eigenvalue weighted by Gasteiger charge is -2.40. The Morgan fingerprint density at radius 2 is 1.44 bits per heavy atom. The second-order valence-electron chi connectivity index (χ2n) is 16.8. The first kappa shape index (κ1) is 43.6. The summed E-state index contributed by atoms with van der Waals surface area (Å²) in [5, 5.41) is 15.6. The van der Waals surface area contributed by atoms with Crippen LogP contribution in [0.25, 0.3) is 22.2 Å². The number of carbonyl (C=O) groups is 2. The predicted octanol–water partition coefficient (Wildman–Crippen LogP) is 8.55. The van der Waals surface area contributed by atoms with Gasteiger partial charge in [0.1, 0.15) is 0 Å². The van der Waals surface area contributed by atoms with Crippen LogP contribution in [0.1, 0.15) is 98.5 Å². The lowest BCUT2D eigenvalue weighted by molar-refractivity contribution is -0.253. The van der Waals surface area contributed by atoms with Gasteiger partial charge in [-0.1, -0.05) is 110 Å². The molecule has 2 aliphatic rings. The van der Waals surface area contributed by atoms with E-state index in [2.05, 4.69) is 50.8 Å². The molecule has 3 heterocycles. The summed E-state index contributed by atoms with van der Waals surface area (Å²) in [6, 6.07) is 39.6. The van der Waals surface area contributed by atoms with Crippen molar-refractivity contribution in [1.29, 1.82) is 0 Å². The van der Waals surface area contributed by atoms with Crippen molar-refractivity contribution in [2.24, 2.45) is 0 Å². The van der Waals surface area contributed by atoms with Gasteiger partial charge in [0.25, 0.3) is 0 Å². The van der Waals surface area contributed by atoms with Crippen molar-refractivity contribution in [2.45, 2.75) is 95.5 Å². The van der Waals surface area contributed by atoms with Crippen molar-refractivity contribution >= 4 is 34.2 Å². The predicted molar refractivity (Wildman–Crippen MR) is 247 cm³/mol. The number of ether oxygens (including phenoxy) is 2. The molecular weight excluding hydrogens is 793 g/mol. The number of amides is 2. The first-order valence-electron chi connectivity index (χ1n) is 22.3. The zero-order valence-corrected chi connectivity index (χ0v) is 35.7. The molecule has 2 saturated heterocycles. The van der Waals surface area contributed by atoms with Gasteiger partial charge in [0, 0.05) is 57.0 Å². The van der Waals surface area contributed by atoms with Crippen molar-refractivity contribution in [3.05, 3.63) is 154 Å². The number of benzene rings is 5. The highest BCUT2D eigenvalue weighted by molar-refractivity contribution is 5.93. The number of aromatic nitrogens is 2. The van der Waals surface area contributed by atoms with Crippen LogP contribution >= 0.6 is 0 Å². The number of likely N-dealkylation sites (tertiary alicyclic amines) is 1. The minimum atomic E-state index is -0.581. The number of fused-ring (bicyclic) bond motifs is 1. The van der Waals surface area contributed by atoms with Gasteiger partial charge < -0.3 is 40.8 Å². The monoisotopic (exact) mass is 850 g/mol. The normalized spacial score (nSPS) is 18.3. The number of rotatable bonds is 17. The van der Waals surface area contributed by atoms with Crippen molar-refractivity contribution in [3.8, 4) is 11.1 Å². The van der Waals surface area contributed by atoms with Crippen LogP contribution in [0.4, 0.5) is 11.4 Å². The fraction of sp³-hybridized carbons (Fsp3) is 0.353. The molecule has 328 valence electrons. The van der Waals surface area contributed by atoms with Gasteiger partial charge in [0.05, 0.1) is 41.2 Å². The average molecular weight is 851 g/mol. The third-order valence-electron chi connectivity index (χ3n) is 12.4. The molecule has 0 aliphatic carbocycles. The van der Waals surface area contributed by atoms with Crippen LogP contribution in [0.5, 0.6) is 0 Å². The molecule has 1 aromatic heterocycles. The van der Waals surface area contributed by atoms with Crippen LogP contribution in [0, 0.1) is 0 Å². The molecule has 0 spiro atoms. The number of hydrogen-bond acceptors (Lipinski definition) is 8. The van der Waals surface area contributed by atoms with Gasteiger partial charge >= 0.3 is 5.69 Å². The van der Waals surface area contributed by atoms with E-state index in [0.29, 0.717) is 37.2 Å². The Labute approximate surface area is 368 Å². The SMILES string of the molecule is Nc1ccccc1NC(=O)CCCCCCC(=O)NCc1ccccc1-c1ccc(C2OC(CN3CCC(n4c(=O)[nH]c5ccccc54)CC3)CC(c3ccc(CO)cc3)O2)cc1. The molecule has 6 N–H and O–H groups in total. The largest absolute Gasteiger partial charge is 0.397 e. The number of aliphatic hydroxyl groups is 1. The lowest BCUT2D eigenvalue weighted by Crippen LogP contribution is -2.43. The summed E-state index contributed by atoms with van der Waals surface area (Å²) < 4.78 is 15.3. The van der Waals surface area contributed by atoms with Gasteiger partial charge in [-0.15, -0.1) is 0 Å². The first-order chi connectivity index (χ1) is 30.8. The zero-order valence-electron chi connectivity index (χ0n) is 35.7. The van der Waals surface area contributed by atoms with E-state index in [-0.39, 0.29) is 42.4 Å². The molecule has 63 heavy (non-hydrogen) atoms. The van der Waals surface area contributed by atoms with Crippen LogP contribution < -0.4 is 22.1 Å². The summed E-state index contributed by atoms with van der Waals surface area (Å²) in [4.78, 5) is 43.5. The van der Waals surface area contributed by atoms with E-state index >= 15 is 0 Å².